The molecule has 0 spiro atoms. The standard InChI is InChI=1S/C20H15N5O2/c1-27-18(26)25-8-7-15-17(25)9-16(14-5-3-2-4-6-14)20(12-23,13-24)19(15,10-21)11-22/h2-6,9,15-16H,7-8H2,1H3/t15-,16-/m1/s1. The lowest BCUT2D eigenvalue weighted by atomic mass is 9.50. The predicted octanol–water partition coefficient (Wildman–Crippen LogP) is 2.82. The summed E-state index contributed by atoms with van der Waals surface area (Å²) in [7, 11) is 1.25. The van der Waals surface area contributed by atoms with Crippen LogP contribution in [0.15, 0.2) is 42.1 Å². The highest BCUT2D eigenvalue weighted by Crippen LogP contribution is 2.61. The number of rotatable bonds is 1. The Morgan fingerprint density at radius 1 is 1.07 bits per heavy atom. The number of fused-ring (bicyclic) bond motifs is 1. The fourth-order valence-electron chi connectivity index (χ4n) is 4.19. The summed E-state index contributed by atoms with van der Waals surface area (Å²) in [5, 5.41) is 40.0. The first-order valence-electron chi connectivity index (χ1n) is 8.32. The fraction of sp³-hybridized carbons (Fsp3) is 0.350. The molecular weight excluding hydrogens is 342 g/mol. The molecule has 0 N–H and O–H groups in total. The molecular formula is C20H15N5O2. The number of amides is 1. The zero-order valence-corrected chi connectivity index (χ0v) is 14.6. The van der Waals surface area contributed by atoms with Crippen molar-refractivity contribution in [3.63, 3.8) is 0 Å². The number of carbonyl (C=O) groups is 1. The van der Waals surface area contributed by atoms with Crippen molar-refractivity contribution in [3.8, 4) is 24.3 Å². The van der Waals surface area contributed by atoms with E-state index in [0.717, 1.165) is 0 Å². The second-order valence-electron chi connectivity index (χ2n) is 6.51. The molecule has 2 atom stereocenters. The number of nitrogens with zero attached hydrogens (tertiary/aromatic N) is 5. The first-order valence-corrected chi connectivity index (χ1v) is 8.32. The lowest BCUT2D eigenvalue weighted by Crippen LogP contribution is -2.50. The maximum absolute atomic E-state index is 12.2. The number of hydrogen-bond donors (Lipinski definition) is 0. The van der Waals surface area contributed by atoms with Gasteiger partial charge in [-0.15, -0.1) is 0 Å². The van der Waals surface area contributed by atoms with E-state index in [9.17, 15) is 25.8 Å². The maximum atomic E-state index is 12.2. The minimum atomic E-state index is -1.91. The second-order valence-corrected chi connectivity index (χ2v) is 6.51. The van der Waals surface area contributed by atoms with E-state index in [2.05, 4.69) is 0 Å². The van der Waals surface area contributed by atoms with E-state index in [1.54, 1.807) is 36.4 Å². The normalized spacial score (nSPS) is 24.2. The van der Waals surface area contributed by atoms with Crippen molar-refractivity contribution in [1.29, 1.82) is 21.0 Å². The molecule has 3 rings (SSSR count). The highest BCUT2D eigenvalue weighted by Gasteiger charge is 2.67. The van der Waals surface area contributed by atoms with E-state index in [1.165, 1.54) is 12.0 Å². The van der Waals surface area contributed by atoms with Gasteiger partial charge in [0.1, 0.15) is 0 Å². The van der Waals surface area contributed by atoms with Crippen molar-refractivity contribution in [2.24, 2.45) is 16.7 Å². The van der Waals surface area contributed by atoms with Crippen molar-refractivity contribution in [3.05, 3.63) is 47.7 Å². The van der Waals surface area contributed by atoms with Crippen LogP contribution in [-0.4, -0.2) is 24.6 Å². The summed E-state index contributed by atoms with van der Waals surface area (Å²) in [4.78, 5) is 13.5. The Labute approximate surface area is 156 Å². The van der Waals surface area contributed by atoms with Gasteiger partial charge in [0.25, 0.3) is 0 Å². The van der Waals surface area contributed by atoms with E-state index in [1.807, 2.05) is 24.3 Å². The Kier molecular flexibility index (Phi) is 4.32. The highest BCUT2D eigenvalue weighted by molar-refractivity contribution is 5.71. The molecule has 0 bridgehead atoms. The lowest BCUT2D eigenvalue weighted by molar-refractivity contribution is 0.134. The molecule has 0 radical (unpaired) electrons. The molecule has 7 nitrogen and oxygen atoms in total. The van der Waals surface area contributed by atoms with Gasteiger partial charge in [0, 0.05) is 24.1 Å². The maximum Gasteiger partial charge on any atom is 0.413 e. The number of hydrogen-bond acceptors (Lipinski definition) is 6. The molecule has 27 heavy (non-hydrogen) atoms. The fourth-order valence-corrected chi connectivity index (χ4v) is 4.19. The molecule has 0 aromatic heterocycles. The van der Waals surface area contributed by atoms with Crippen molar-refractivity contribution in [1.82, 2.24) is 4.90 Å². The molecule has 1 aromatic carbocycles. The number of allylic oxidation sites excluding steroid dienone is 2. The molecule has 1 aliphatic heterocycles. The van der Waals surface area contributed by atoms with Crippen LogP contribution in [0.2, 0.25) is 0 Å². The molecule has 0 saturated carbocycles. The van der Waals surface area contributed by atoms with Crippen LogP contribution in [-0.2, 0) is 4.74 Å². The molecule has 0 unspecified atom stereocenters. The Hall–Kier alpha value is -3.81. The Bertz CT molecular complexity index is 943. The van der Waals surface area contributed by atoms with E-state index < -0.39 is 28.8 Å². The van der Waals surface area contributed by atoms with Crippen molar-refractivity contribution in [2.45, 2.75) is 12.3 Å². The number of carbonyl (C=O) groups excluding carboxylic acids is 1. The summed E-state index contributed by atoms with van der Waals surface area (Å²) in [6.45, 7) is 0.253. The zero-order valence-electron chi connectivity index (χ0n) is 14.6. The molecule has 1 heterocycles. The van der Waals surface area contributed by atoms with Crippen LogP contribution in [0.5, 0.6) is 0 Å². The van der Waals surface area contributed by atoms with Gasteiger partial charge in [0.05, 0.1) is 31.4 Å². The van der Waals surface area contributed by atoms with Crippen LogP contribution in [0.3, 0.4) is 0 Å². The zero-order chi connectivity index (χ0) is 19.7. The summed E-state index contributed by atoms with van der Waals surface area (Å²) in [6.07, 6.45) is 1.37. The van der Waals surface area contributed by atoms with Gasteiger partial charge < -0.3 is 4.74 Å². The van der Waals surface area contributed by atoms with Gasteiger partial charge in [-0.05, 0) is 12.0 Å². The third-order valence-electron chi connectivity index (χ3n) is 5.52. The van der Waals surface area contributed by atoms with Crippen LogP contribution >= 0.6 is 0 Å². The van der Waals surface area contributed by atoms with Gasteiger partial charge in [0.15, 0.2) is 10.8 Å². The monoisotopic (exact) mass is 357 g/mol. The summed E-state index contributed by atoms with van der Waals surface area (Å²) in [6, 6.07) is 16.7. The molecule has 1 amide bonds. The number of likely N-dealkylation sites (tertiary alicyclic amines) is 1. The first-order chi connectivity index (χ1) is 13.0. The van der Waals surface area contributed by atoms with Crippen LogP contribution < -0.4 is 0 Å². The molecule has 1 fully saturated rings. The SMILES string of the molecule is COC(=O)N1CC[C@@H]2C1=C[C@H](c1ccccc1)C(C#N)(C#N)C2(C#N)C#N. The van der Waals surface area contributed by atoms with E-state index in [4.69, 9.17) is 4.74 Å². The number of nitriles is 4. The molecule has 2 aliphatic rings. The van der Waals surface area contributed by atoms with E-state index >= 15 is 0 Å². The van der Waals surface area contributed by atoms with Crippen LogP contribution in [0.4, 0.5) is 4.79 Å². The quantitative estimate of drug-likeness (QED) is 0.761. The predicted molar refractivity (Wildman–Crippen MR) is 91.8 cm³/mol. The van der Waals surface area contributed by atoms with Gasteiger partial charge in [-0.2, -0.15) is 21.0 Å². The topological polar surface area (TPSA) is 125 Å². The van der Waals surface area contributed by atoms with Crippen molar-refractivity contribution < 1.29 is 9.53 Å². The number of methoxy groups -OCH3 is 1. The van der Waals surface area contributed by atoms with Crippen molar-refractivity contribution >= 4 is 6.09 Å². The average molecular weight is 357 g/mol. The second kappa shape index (κ2) is 6.49. The smallest absolute Gasteiger partial charge is 0.413 e. The van der Waals surface area contributed by atoms with Crippen molar-refractivity contribution in [2.75, 3.05) is 13.7 Å². The minimum Gasteiger partial charge on any atom is -0.452 e. The number of benzene rings is 1. The van der Waals surface area contributed by atoms with E-state index in [-0.39, 0.29) is 6.54 Å². The molecule has 7 heteroatoms. The van der Waals surface area contributed by atoms with Crippen LogP contribution in [0, 0.1) is 62.1 Å². The Morgan fingerprint density at radius 3 is 2.19 bits per heavy atom. The Balaban J connectivity index is 2.34. The summed E-state index contributed by atoms with van der Waals surface area (Å²) in [5.74, 6) is -1.57. The van der Waals surface area contributed by atoms with Gasteiger partial charge in [-0.1, -0.05) is 36.4 Å². The third kappa shape index (κ3) is 2.20. The van der Waals surface area contributed by atoms with Gasteiger partial charge in [0.2, 0.25) is 0 Å². The summed E-state index contributed by atoms with van der Waals surface area (Å²) < 4.78 is 4.81. The third-order valence-corrected chi connectivity index (χ3v) is 5.52. The molecule has 1 aliphatic carbocycles. The largest absolute Gasteiger partial charge is 0.452 e. The minimum absolute atomic E-state index is 0.253. The molecule has 1 aromatic rings. The summed E-state index contributed by atoms with van der Waals surface area (Å²) in [5.41, 5.74) is -2.74. The highest BCUT2D eigenvalue weighted by atomic mass is 16.5. The number of ether oxygens (including phenoxy) is 1. The lowest BCUT2D eigenvalue weighted by Gasteiger charge is -2.44. The average Bonchev–Trinajstić information content (AvgIpc) is 3.16. The molecule has 132 valence electrons. The van der Waals surface area contributed by atoms with Gasteiger partial charge in [-0.25, -0.2) is 4.79 Å². The van der Waals surface area contributed by atoms with E-state index in [0.29, 0.717) is 17.7 Å². The molecule has 1 saturated heterocycles. The van der Waals surface area contributed by atoms with Gasteiger partial charge >= 0.3 is 6.09 Å². The summed E-state index contributed by atoms with van der Waals surface area (Å²) >= 11 is 0. The van der Waals surface area contributed by atoms with Crippen LogP contribution in [0.25, 0.3) is 0 Å². The Morgan fingerprint density at radius 2 is 1.67 bits per heavy atom. The van der Waals surface area contributed by atoms with Crippen LogP contribution in [0.1, 0.15) is 17.9 Å². The first kappa shape index (κ1) is 18.0. The van der Waals surface area contributed by atoms with Gasteiger partial charge in [-0.3, -0.25) is 4.90 Å².